The highest BCUT2D eigenvalue weighted by molar-refractivity contribution is 5.77. The van der Waals surface area contributed by atoms with Crippen LogP contribution in [0.25, 0.3) is 0 Å². The average Bonchev–Trinajstić information content (AvgIpc) is 2.46. The number of carbonyl (C=O) groups excluding carboxylic acids is 1. The van der Waals surface area contributed by atoms with Crippen molar-refractivity contribution in [3.05, 3.63) is 0 Å². The third-order valence-electron chi connectivity index (χ3n) is 4.62. The van der Waals surface area contributed by atoms with Crippen molar-refractivity contribution >= 4 is 5.91 Å². The van der Waals surface area contributed by atoms with E-state index < -0.39 is 0 Å². The van der Waals surface area contributed by atoms with Crippen LogP contribution in [0, 0.1) is 11.8 Å². The molecule has 1 atom stereocenters. The molecule has 1 heterocycles. The first-order chi connectivity index (χ1) is 9.28. The van der Waals surface area contributed by atoms with E-state index in [1.165, 1.54) is 58.0 Å². The fourth-order valence-electron chi connectivity index (χ4n) is 3.55. The van der Waals surface area contributed by atoms with E-state index in [4.69, 9.17) is 5.73 Å². The van der Waals surface area contributed by atoms with Crippen LogP contribution < -0.4 is 11.1 Å². The van der Waals surface area contributed by atoms with Crippen LogP contribution in [0.15, 0.2) is 0 Å². The first-order valence-electron chi connectivity index (χ1n) is 7.97. The first-order valence-corrected chi connectivity index (χ1v) is 7.97. The van der Waals surface area contributed by atoms with Gasteiger partial charge in [0.15, 0.2) is 0 Å². The smallest absolute Gasteiger partial charge is 0.233 e. The number of rotatable bonds is 5. The Morgan fingerprint density at radius 1 is 1.11 bits per heavy atom. The van der Waals surface area contributed by atoms with Crippen LogP contribution in [-0.4, -0.2) is 43.5 Å². The van der Waals surface area contributed by atoms with E-state index in [1.54, 1.807) is 0 Å². The van der Waals surface area contributed by atoms with Crippen molar-refractivity contribution < 1.29 is 4.79 Å². The van der Waals surface area contributed by atoms with Crippen molar-refractivity contribution in [3.63, 3.8) is 0 Å². The molecule has 3 N–H and O–H groups in total. The molecule has 0 unspecified atom stereocenters. The maximum absolute atomic E-state index is 11.2. The molecule has 0 aromatic rings. The lowest BCUT2D eigenvalue weighted by molar-refractivity contribution is -0.120. The van der Waals surface area contributed by atoms with E-state index in [2.05, 4.69) is 10.2 Å². The number of nitrogens with one attached hydrogen (secondary N) is 1. The minimum Gasteiger partial charge on any atom is -0.355 e. The SMILES string of the molecule is NCC(=O)NC[C@H]1CCCN(CC2CCCCC2)C1. The summed E-state index contributed by atoms with van der Waals surface area (Å²) in [4.78, 5) is 13.8. The number of nitrogens with zero attached hydrogens (tertiary/aromatic N) is 1. The minimum absolute atomic E-state index is 0.0237. The standard InChI is InChI=1S/C15H29N3O/c16-9-15(19)17-10-14-7-4-8-18(12-14)11-13-5-2-1-3-6-13/h13-14H,1-12,16H2,(H,17,19)/t14-/m1/s1. The Morgan fingerprint density at radius 3 is 2.58 bits per heavy atom. The molecule has 1 aliphatic carbocycles. The molecule has 110 valence electrons. The van der Waals surface area contributed by atoms with Gasteiger partial charge in [0.25, 0.3) is 0 Å². The first kappa shape index (κ1) is 14.8. The van der Waals surface area contributed by atoms with E-state index in [0.29, 0.717) is 5.92 Å². The number of nitrogens with two attached hydrogens (primary N) is 1. The van der Waals surface area contributed by atoms with Gasteiger partial charge in [0.2, 0.25) is 5.91 Å². The summed E-state index contributed by atoms with van der Waals surface area (Å²) in [5.41, 5.74) is 5.32. The van der Waals surface area contributed by atoms with Gasteiger partial charge in [0.05, 0.1) is 6.54 Å². The van der Waals surface area contributed by atoms with Gasteiger partial charge in [-0.3, -0.25) is 4.79 Å². The number of likely N-dealkylation sites (tertiary alicyclic amines) is 1. The van der Waals surface area contributed by atoms with E-state index in [0.717, 1.165) is 19.0 Å². The van der Waals surface area contributed by atoms with Crippen molar-refractivity contribution in [2.24, 2.45) is 17.6 Å². The number of carbonyl (C=O) groups is 1. The average molecular weight is 267 g/mol. The molecule has 2 aliphatic rings. The monoisotopic (exact) mass is 267 g/mol. The number of piperidine rings is 1. The molecule has 0 radical (unpaired) electrons. The van der Waals surface area contributed by atoms with Crippen molar-refractivity contribution in [2.75, 3.05) is 32.7 Å². The Balaban J connectivity index is 1.69. The Bertz CT molecular complexity index is 277. The van der Waals surface area contributed by atoms with Crippen LogP contribution in [0.4, 0.5) is 0 Å². The molecular weight excluding hydrogens is 238 g/mol. The maximum Gasteiger partial charge on any atom is 0.233 e. The van der Waals surface area contributed by atoms with Gasteiger partial charge < -0.3 is 16.0 Å². The molecule has 2 fully saturated rings. The highest BCUT2D eigenvalue weighted by Crippen LogP contribution is 2.26. The number of amides is 1. The molecular formula is C15H29N3O. The number of hydrogen-bond acceptors (Lipinski definition) is 3. The zero-order valence-electron chi connectivity index (χ0n) is 12.1. The summed E-state index contributed by atoms with van der Waals surface area (Å²) in [5, 5.41) is 2.94. The summed E-state index contributed by atoms with van der Waals surface area (Å²) in [6, 6.07) is 0. The Morgan fingerprint density at radius 2 is 1.84 bits per heavy atom. The molecule has 4 heteroatoms. The van der Waals surface area contributed by atoms with Crippen LogP contribution in [0.1, 0.15) is 44.9 Å². The quantitative estimate of drug-likeness (QED) is 0.790. The predicted octanol–water partition coefficient (Wildman–Crippen LogP) is 1.35. The van der Waals surface area contributed by atoms with Gasteiger partial charge in [0.1, 0.15) is 0 Å². The molecule has 1 amide bonds. The molecule has 0 spiro atoms. The predicted molar refractivity (Wildman–Crippen MR) is 77.8 cm³/mol. The maximum atomic E-state index is 11.2. The Labute approximate surface area is 117 Å². The zero-order valence-corrected chi connectivity index (χ0v) is 12.1. The molecule has 0 bridgehead atoms. The largest absolute Gasteiger partial charge is 0.355 e. The molecule has 1 saturated heterocycles. The molecule has 1 saturated carbocycles. The van der Waals surface area contributed by atoms with Crippen LogP contribution in [0.2, 0.25) is 0 Å². The van der Waals surface area contributed by atoms with Gasteiger partial charge in [-0.2, -0.15) is 0 Å². The van der Waals surface area contributed by atoms with Crippen molar-refractivity contribution in [1.29, 1.82) is 0 Å². The molecule has 4 nitrogen and oxygen atoms in total. The summed E-state index contributed by atoms with van der Waals surface area (Å²) >= 11 is 0. The van der Waals surface area contributed by atoms with Crippen molar-refractivity contribution in [1.82, 2.24) is 10.2 Å². The van der Waals surface area contributed by atoms with Gasteiger partial charge in [-0.05, 0) is 44.1 Å². The van der Waals surface area contributed by atoms with Crippen LogP contribution in [0.3, 0.4) is 0 Å². The molecule has 1 aliphatic heterocycles. The summed E-state index contributed by atoms with van der Waals surface area (Å²) in [6.45, 7) is 4.59. The fourth-order valence-corrected chi connectivity index (χ4v) is 3.55. The van der Waals surface area contributed by atoms with Gasteiger partial charge in [-0.25, -0.2) is 0 Å². The lowest BCUT2D eigenvalue weighted by Gasteiger charge is -2.36. The third kappa shape index (κ3) is 5.11. The molecule has 0 aromatic heterocycles. The second kappa shape index (κ2) is 7.85. The van der Waals surface area contributed by atoms with E-state index >= 15 is 0 Å². The highest BCUT2D eigenvalue weighted by Gasteiger charge is 2.23. The van der Waals surface area contributed by atoms with Crippen molar-refractivity contribution in [2.45, 2.75) is 44.9 Å². The van der Waals surface area contributed by atoms with Gasteiger partial charge in [-0.15, -0.1) is 0 Å². The lowest BCUT2D eigenvalue weighted by atomic mass is 9.88. The summed E-state index contributed by atoms with van der Waals surface area (Å²) in [6.07, 6.45) is 9.64. The highest BCUT2D eigenvalue weighted by atomic mass is 16.1. The molecule has 19 heavy (non-hydrogen) atoms. The van der Waals surface area contributed by atoms with Gasteiger partial charge in [0, 0.05) is 19.6 Å². The lowest BCUT2D eigenvalue weighted by Crippen LogP contribution is -2.43. The topological polar surface area (TPSA) is 58.4 Å². The second-order valence-corrected chi connectivity index (χ2v) is 6.28. The van der Waals surface area contributed by atoms with E-state index in [9.17, 15) is 4.79 Å². The van der Waals surface area contributed by atoms with E-state index in [1.807, 2.05) is 0 Å². The van der Waals surface area contributed by atoms with E-state index in [-0.39, 0.29) is 12.5 Å². The van der Waals surface area contributed by atoms with Crippen LogP contribution in [-0.2, 0) is 4.79 Å². The van der Waals surface area contributed by atoms with Crippen LogP contribution in [0.5, 0.6) is 0 Å². The zero-order chi connectivity index (χ0) is 13.5. The summed E-state index contributed by atoms with van der Waals surface area (Å²) < 4.78 is 0. The van der Waals surface area contributed by atoms with Crippen LogP contribution >= 0.6 is 0 Å². The van der Waals surface area contributed by atoms with Gasteiger partial charge >= 0.3 is 0 Å². The summed E-state index contributed by atoms with van der Waals surface area (Å²) in [7, 11) is 0. The van der Waals surface area contributed by atoms with Crippen molar-refractivity contribution in [3.8, 4) is 0 Å². The Kier molecular flexibility index (Phi) is 6.11. The second-order valence-electron chi connectivity index (χ2n) is 6.28. The third-order valence-corrected chi connectivity index (χ3v) is 4.62. The molecule has 2 rings (SSSR count). The summed E-state index contributed by atoms with van der Waals surface area (Å²) in [5.74, 6) is 1.52. The van der Waals surface area contributed by atoms with Gasteiger partial charge in [-0.1, -0.05) is 19.3 Å². The normalized spacial score (nSPS) is 26.3. The number of hydrogen-bond donors (Lipinski definition) is 2. The Hall–Kier alpha value is -0.610. The minimum atomic E-state index is -0.0237. The molecule has 0 aromatic carbocycles. The fraction of sp³-hybridized carbons (Fsp3) is 0.933.